The van der Waals surface area contributed by atoms with E-state index >= 15 is 0 Å². The Morgan fingerprint density at radius 3 is 2.14 bits per heavy atom. The van der Waals surface area contributed by atoms with Crippen molar-refractivity contribution in [3.05, 3.63) is 6.67 Å². The van der Waals surface area contributed by atoms with Crippen LogP contribution < -0.4 is 10.6 Å². The highest BCUT2D eigenvalue weighted by molar-refractivity contribution is 4.63. The third-order valence-corrected chi connectivity index (χ3v) is 1.03. The number of rotatable bonds is 0. The molecule has 1 heterocycles. The van der Waals surface area contributed by atoms with Gasteiger partial charge in [-0.2, -0.15) is 0 Å². The summed E-state index contributed by atoms with van der Waals surface area (Å²) in [5, 5.41) is 5.97. The fourth-order valence-electron chi connectivity index (χ4n) is 0.614. The molecule has 40 valence electrons. The summed E-state index contributed by atoms with van der Waals surface area (Å²) in [6.45, 7) is 5.00. The predicted octanol–water partition coefficient (Wildman–Crippen LogP) is -0.0443. The molecule has 2 nitrogen and oxygen atoms in total. The van der Waals surface area contributed by atoms with Crippen LogP contribution in [0.15, 0.2) is 0 Å². The lowest BCUT2D eigenvalue weighted by atomic mass is 10.3. The molecule has 0 unspecified atom stereocenters. The van der Waals surface area contributed by atoms with Crippen molar-refractivity contribution < 1.29 is 0 Å². The lowest BCUT2D eigenvalue weighted by Gasteiger charge is -1.91. The highest BCUT2D eigenvalue weighted by Gasteiger charge is 1.93. The standard InChI is InChI=1S/C5H10N2/c1-2-4-7-5-6-3-1/h6-7H,1-4H2. The Morgan fingerprint density at radius 1 is 1.00 bits per heavy atom. The zero-order chi connectivity index (χ0) is 4.95. The maximum Gasteiger partial charge on any atom is 0.140 e. The van der Waals surface area contributed by atoms with Crippen LogP contribution in [-0.4, -0.2) is 13.1 Å². The second-order valence-corrected chi connectivity index (χ2v) is 1.69. The molecule has 0 aromatic carbocycles. The van der Waals surface area contributed by atoms with Gasteiger partial charge in [0.05, 0.1) is 0 Å². The van der Waals surface area contributed by atoms with Gasteiger partial charge in [0.15, 0.2) is 0 Å². The lowest BCUT2D eigenvalue weighted by molar-refractivity contribution is 0.742. The zero-order valence-corrected chi connectivity index (χ0v) is 4.33. The van der Waals surface area contributed by atoms with Crippen molar-refractivity contribution in [2.24, 2.45) is 0 Å². The van der Waals surface area contributed by atoms with E-state index in [1.165, 1.54) is 12.8 Å². The van der Waals surface area contributed by atoms with Crippen molar-refractivity contribution >= 4 is 0 Å². The van der Waals surface area contributed by atoms with E-state index in [1.807, 2.05) is 0 Å². The molecule has 0 bridgehead atoms. The van der Waals surface area contributed by atoms with Gasteiger partial charge in [-0.1, -0.05) is 0 Å². The summed E-state index contributed by atoms with van der Waals surface area (Å²) in [5.41, 5.74) is 0. The Bertz CT molecular complexity index is 25.7. The SMILES string of the molecule is [C]1NCCCCN1. The topological polar surface area (TPSA) is 24.1 Å². The largest absolute Gasteiger partial charge is 0.294 e. The van der Waals surface area contributed by atoms with Gasteiger partial charge < -0.3 is 0 Å². The molecule has 1 saturated heterocycles. The summed E-state index contributed by atoms with van der Waals surface area (Å²) >= 11 is 0. The maximum absolute atomic E-state index is 2.99. The number of hydrogen-bond donors (Lipinski definition) is 2. The van der Waals surface area contributed by atoms with Crippen molar-refractivity contribution in [1.29, 1.82) is 0 Å². The first-order valence-corrected chi connectivity index (χ1v) is 2.71. The summed E-state index contributed by atoms with van der Waals surface area (Å²) < 4.78 is 0. The predicted molar refractivity (Wildman–Crippen MR) is 28.5 cm³/mol. The third-order valence-electron chi connectivity index (χ3n) is 1.03. The molecule has 1 fully saturated rings. The molecule has 1 aliphatic heterocycles. The Balaban J connectivity index is 2.04. The number of hydrogen-bond acceptors (Lipinski definition) is 2. The quantitative estimate of drug-likeness (QED) is 0.444. The Kier molecular flexibility index (Phi) is 2.17. The third kappa shape index (κ3) is 1.90. The van der Waals surface area contributed by atoms with Crippen LogP contribution in [0.4, 0.5) is 0 Å². The molecule has 0 aliphatic carbocycles. The first-order valence-electron chi connectivity index (χ1n) is 2.71. The van der Waals surface area contributed by atoms with Gasteiger partial charge in [0.1, 0.15) is 6.67 Å². The first kappa shape index (κ1) is 5.06. The monoisotopic (exact) mass is 98.1 g/mol. The minimum atomic E-state index is 1.08. The van der Waals surface area contributed by atoms with Crippen LogP contribution in [0.3, 0.4) is 0 Å². The van der Waals surface area contributed by atoms with Gasteiger partial charge in [-0.15, -0.1) is 0 Å². The average Bonchev–Trinajstić information content (AvgIpc) is 1.90. The van der Waals surface area contributed by atoms with Crippen LogP contribution in [0.2, 0.25) is 0 Å². The smallest absolute Gasteiger partial charge is 0.140 e. The zero-order valence-electron chi connectivity index (χ0n) is 4.33. The van der Waals surface area contributed by atoms with E-state index in [0.717, 1.165) is 13.1 Å². The average molecular weight is 98.1 g/mol. The van der Waals surface area contributed by atoms with Gasteiger partial charge in [0, 0.05) is 0 Å². The van der Waals surface area contributed by atoms with Crippen molar-refractivity contribution in [3.8, 4) is 0 Å². The lowest BCUT2D eigenvalue weighted by Crippen LogP contribution is -2.19. The molecular weight excluding hydrogens is 88.1 g/mol. The molecule has 1 rings (SSSR count). The maximum atomic E-state index is 2.99. The van der Waals surface area contributed by atoms with E-state index in [1.54, 1.807) is 0 Å². The highest BCUT2D eigenvalue weighted by Crippen LogP contribution is 1.87. The Hall–Kier alpha value is -0.0800. The molecule has 2 radical (unpaired) electrons. The first-order chi connectivity index (χ1) is 3.50. The second kappa shape index (κ2) is 2.99. The fraction of sp³-hybridized carbons (Fsp3) is 0.800. The molecule has 0 aromatic rings. The summed E-state index contributed by atoms with van der Waals surface area (Å²) in [5.74, 6) is 0. The van der Waals surface area contributed by atoms with Gasteiger partial charge in [0.2, 0.25) is 0 Å². The summed E-state index contributed by atoms with van der Waals surface area (Å²) in [6, 6.07) is 0. The van der Waals surface area contributed by atoms with E-state index in [9.17, 15) is 0 Å². The molecular formula is C5H10N2. The molecule has 7 heavy (non-hydrogen) atoms. The Labute approximate surface area is 44.3 Å². The normalized spacial score (nSPS) is 24.0. The van der Waals surface area contributed by atoms with Crippen LogP contribution >= 0.6 is 0 Å². The molecule has 0 spiro atoms. The fourth-order valence-corrected chi connectivity index (χ4v) is 0.614. The molecule has 2 N–H and O–H groups in total. The van der Waals surface area contributed by atoms with Gasteiger partial charge in [0.25, 0.3) is 0 Å². The molecule has 0 saturated carbocycles. The van der Waals surface area contributed by atoms with Crippen molar-refractivity contribution in [2.45, 2.75) is 12.8 Å². The van der Waals surface area contributed by atoms with Crippen LogP contribution in [-0.2, 0) is 0 Å². The molecule has 2 heteroatoms. The van der Waals surface area contributed by atoms with E-state index in [4.69, 9.17) is 0 Å². The van der Waals surface area contributed by atoms with E-state index in [-0.39, 0.29) is 0 Å². The van der Waals surface area contributed by atoms with Crippen LogP contribution in [0.25, 0.3) is 0 Å². The second-order valence-electron chi connectivity index (χ2n) is 1.69. The van der Waals surface area contributed by atoms with Gasteiger partial charge in [-0.25, -0.2) is 0 Å². The van der Waals surface area contributed by atoms with Crippen LogP contribution in [0, 0.1) is 6.67 Å². The summed E-state index contributed by atoms with van der Waals surface area (Å²) in [6.07, 6.45) is 2.53. The molecule has 0 amide bonds. The van der Waals surface area contributed by atoms with Crippen molar-refractivity contribution in [2.75, 3.05) is 13.1 Å². The van der Waals surface area contributed by atoms with E-state index < -0.39 is 0 Å². The van der Waals surface area contributed by atoms with Gasteiger partial charge >= 0.3 is 0 Å². The minimum absolute atomic E-state index is 1.08. The number of nitrogens with one attached hydrogen (secondary N) is 2. The van der Waals surface area contributed by atoms with E-state index in [2.05, 4.69) is 17.3 Å². The van der Waals surface area contributed by atoms with E-state index in [0.29, 0.717) is 0 Å². The molecule has 0 atom stereocenters. The highest BCUT2D eigenvalue weighted by atomic mass is 15.1. The van der Waals surface area contributed by atoms with Crippen molar-refractivity contribution in [3.63, 3.8) is 0 Å². The van der Waals surface area contributed by atoms with Crippen LogP contribution in [0.5, 0.6) is 0 Å². The Morgan fingerprint density at radius 2 is 1.57 bits per heavy atom. The van der Waals surface area contributed by atoms with Gasteiger partial charge in [-0.05, 0) is 25.9 Å². The molecule has 0 aromatic heterocycles. The van der Waals surface area contributed by atoms with Crippen LogP contribution in [0.1, 0.15) is 12.8 Å². The van der Waals surface area contributed by atoms with Gasteiger partial charge in [-0.3, -0.25) is 10.6 Å². The summed E-state index contributed by atoms with van der Waals surface area (Å²) in [7, 11) is 0. The minimum Gasteiger partial charge on any atom is -0.294 e. The summed E-state index contributed by atoms with van der Waals surface area (Å²) in [4.78, 5) is 0. The van der Waals surface area contributed by atoms with Crippen molar-refractivity contribution in [1.82, 2.24) is 10.6 Å². The molecule has 1 aliphatic rings.